The molecule has 0 aliphatic carbocycles. The molecule has 28 nitrogen and oxygen atoms in total. The van der Waals surface area contributed by atoms with Crippen molar-refractivity contribution in [2.45, 2.75) is 150 Å². The molecule has 0 saturated heterocycles. The van der Waals surface area contributed by atoms with Crippen LogP contribution in [0.15, 0.2) is 262 Å². The molecule has 28 heteroatoms. The van der Waals surface area contributed by atoms with E-state index < -0.39 is 0 Å². The van der Waals surface area contributed by atoms with Crippen LogP contribution in [-0.2, 0) is 39.3 Å². The summed E-state index contributed by atoms with van der Waals surface area (Å²) in [6, 6.07) is 67.7. The van der Waals surface area contributed by atoms with Crippen LogP contribution in [0, 0.1) is 0 Å². The third kappa shape index (κ3) is 26.7. The zero-order valence-electron chi connectivity index (χ0n) is 68.1. The standard InChI is InChI=1S/C19H17N5O.C18H15N5O.C17H15N7O.C16H13N7O.8C2H6/c25-17-11-16-18(23-24(17)13-15-9-5-2-6-10-15)19(22-21-16)20-12-14-7-3-1-4-8-14;24-16-11-15-17(22-23(16)14-9-5-2-6-10-14)18(21-20-15)19-12-13-7-3-1-4-8-13;25-15-9-13-16(23-24(15)11-12-5-2-1-3-6-12)17(22-21-13)20-10-14-18-7-4-8-19-14;24-14-9-12-15(22-23(14)11-5-2-1-3-6-11)16(21-20-12)19-10-13-17-7-4-8-18-13;8*1-2/h1-11,21H,12-13H2,(H,20,22);1-11,20H,12H2,(H,19,21);1-9,21H,10-11H2,(H,20,22);1-9,20H,10H2,(H,19,21);8*1-2H3. The van der Waals surface area contributed by atoms with Gasteiger partial charge in [0.2, 0.25) is 0 Å². The van der Waals surface area contributed by atoms with Crippen molar-refractivity contribution in [1.82, 2.24) is 99.8 Å². The number of nitrogens with zero attached hydrogens (tertiary/aromatic N) is 16. The van der Waals surface area contributed by atoms with Gasteiger partial charge in [-0.2, -0.15) is 50.2 Å². The van der Waals surface area contributed by atoms with E-state index in [0.29, 0.717) is 124 Å². The number of benzene rings is 6. The smallest absolute Gasteiger partial charge is 0.273 e. The van der Waals surface area contributed by atoms with Gasteiger partial charge < -0.3 is 21.3 Å². The maximum absolute atomic E-state index is 12.3. The number of aromatic nitrogens is 20. The number of fused-ring (bicyclic) bond motifs is 4. The monoisotopic (exact) mass is 1540 g/mol. The van der Waals surface area contributed by atoms with E-state index in [9.17, 15) is 19.2 Å². The Morgan fingerprint density at radius 2 is 0.509 bits per heavy atom. The number of rotatable bonds is 18. The second-order valence-electron chi connectivity index (χ2n) is 21.8. The van der Waals surface area contributed by atoms with Gasteiger partial charge in [-0.25, -0.2) is 29.3 Å². The van der Waals surface area contributed by atoms with Gasteiger partial charge in [0.15, 0.2) is 45.3 Å². The van der Waals surface area contributed by atoms with Gasteiger partial charge in [-0.05, 0) is 58.7 Å². The Balaban J connectivity index is 0.000000256. The number of aromatic amines is 4. The lowest BCUT2D eigenvalue weighted by Gasteiger charge is -2.06. The van der Waals surface area contributed by atoms with Crippen LogP contribution in [0.4, 0.5) is 23.3 Å². The number of anilines is 4. The van der Waals surface area contributed by atoms with Crippen molar-refractivity contribution in [2.75, 3.05) is 21.3 Å². The number of hydrogen-bond acceptors (Lipinski definition) is 20. The molecule has 0 atom stereocenters. The molecule has 0 unspecified atom stereocenters. The van der Waals surface area contributed by atoms with E-state index in [-0.39, 0.29) is 22.2 Å². The van der Waals surface area contributed by atoms with Gasteiger partial charge in [0, 0.05) is 62.1 Å². The van der Waals surface area contributed by atoms with Crippen molar-refractivity contribution in [3.63, 3.8) is 0 Å². The van der Waals surface area contributed by atoms with Gasteiger partial charge in [-0.1, -0.05) is 269 Å². The van der Waals surface area contributed by atoms with Crippen LogP contribution < -0.4 is 43.5 Å². The van der Waals surface area contributed by atoms with Gasteiger partial charge in [-0.15, -0.1) is 0 Å². The zero-order chi connectivity index (χ0) is 82.8. The van der Waals surface area contributed by atoms with Gasteiger partial charge in [0.05, 0.1) is 59.6 Å². The molecule has 6 aromatic carbocycles. The molecule has 8 N–H and O–H groups in total. The van der Waals surface area contributed by atoms with E-state index in [1.165, 1.54) is 43.0 Å². The van der Waals surface area contributed by atoms with Gasteiger partial charge >= 0.3 is 0 Å². The molecule has 114 heavy (non-hydrogen) atoms. The Morgan fingerprint density at radius 3 is 0.789 bits per heavy atom. The van der Waals surface area contributed by atoms with Gasteiger partial charge in [0.1, 0.15) is 11.6 Å². The van der Waals surface area contributed by atoms with Crippen molar-refractivity contribution < 1.29 is 0 Å². The van der Waals surface area contributed by atoms with Crippen molar-refractivity contribution >= 4 is 67.4 Å². The molecule has 0 spiro atoms. The molecule has 0 aliphatic heterocycles. The molecule has 10 aromatic heterocycles. The van der Waals surface area contributed by atoms with E-state index in [4.69, 9.17) is 0 Å². The maximum atomic E-state index is 12.3. The summed E-state index contributed by atoms with van der Waals surface area (Å²) in [7, 11) is 0. The highest BCUT2D eigenvalue weighted by Gasteiger charge is 2.16. The minimum atomic E-state index is -0.227. The first-order valence-corrected chi connectivity index (χ1v) is 38.8. The lowest BCUT2D eigenvalue weighted by atomic mass is 10.2. The third-order valence-electron chi connectivity index (χ3n) is 14.9. The van der Waals surface area contributed by atoms with E-state index in [1.54, 1.807) is 36.9 Å². The molecule has 16 aromatic rings. The SMILES string of the molecule is CC.CC.CC.CC.CC.CC.CC.CC.O=c1cc2[nH]nc(NCc3ccccc3)c2nn1-c1ccccc1.O=c1cc2[nH]nc(NCc3ccccc3)c2nn1Cc1ccccc1.O=c1cc2[nH]nc(NCc3ncccn3)c2nn1-c1ccccc1.O=c1cc2[nH]nc(NCc3ncccn3)c2nn1Cc1ccccc1. The Morgan fingerprint density at radius 1 is 0.272 bits per heavy atom. The minimum absolute atomic E-state index is 0.158. The Hall–Kier alpha value is -13.9. The first kappa shape index (κ1) is 90.7. The second-order valence-corrected chi connectivity index (χ2v) is 21.8. The number of hydrogen-bond donors (Lipinski definition) is 8. The quantitative estimate of drug-likeness (QED) is 0.0395. The number of H-pyrrole nitrogens is 4. The summed E-state index contributed by atoms with van der Waals surface area (Å²) in [4.78, 5) is 65.6. The second kappa shape index (κ2) is 51.5. The summed E-state index contributed by atoms with van der Waals surface area (Å²) in [6.45, 7) is 34.9. The molecule has 0 radical (unpaired) electrons. The Bertz CT molecular complexity index is 5160. The fourth-order valence-electron chi connectivity index (χ4n) is 10.1. The lowest BCUT2D eigenvalue weighted by Crippen LogP contribution is -2.22. The van der Waals surface area contributed by atoms with Gasteiger partial charge in [-0.3, -0.25) is 39.6 Å². The van der Waals surface area contributed by atoms with E-state index in [1.807, 2.05) is 293 Å². The van der Waals surface area contributed by atoms with E-state index >= 15 is 0 Å². The predicted octanol–water partition coefficient (Wildman–Crippen LogP) is 16.8. The van der Waals surface area contributed by atoms with Crippen LogP contribution in [0.1, 0.15) is 145 Å². The summed E-state index contributed by atoms with van der Waals surface area (Å²) < 4.78 is 5.62. The zero-order valence-corrected chi connectivity index (χ0v) is 68.1. The third-order valence-corrected chi connectivity index (χ3v) is 14.9. The molecule has 0 saturated carbocycles. The maximum Gasteiger partial charge on any atom is 0.273 e. The average Bonchev–Trinajstić information content (AvgIpc) is 1.54. The van der Waals surface area contributed by atoms with Crippen molar-refractivity contribution in [2.24, 2.45) is 0 Å². The first-order valence-electron chi connectivity index (χ1n) is 38.8. The van der Waals surface area contributed by atoms with Crippen LogP contribution in [0.3, 0.4) is 0 Å². The van der Waals surface area contributed by atoms with E-state index in [0.717, 1.165) is 27.9 Å². The number of nitrogens with one attached hydrogen (secondary N) is 8. The highest BCUT2D eigenvalue weighted by atomic mass is 16.1. The van der Waals surface area contributed by atoms with Crippen LogP contribution in [0.5, 0.6) is 0 Å². The summed E-state index contributed by atoms with van der Waals surface area (Å²) >= 11 is 0. The summed E-state index contributed by atoms with van der Waals surface area (Å²) in [6.07, 6.45) is 6.72. The predicted molar refractivity (Wildman–Crippen MR) is 463 cm³/mol. The average molecular weight is 1540 g/mol. The molecular weight excluding hydrogens is 1430 g/mol. The molecular formula is C86H108N24O4. The van der Waals surface area contributed by atoms with Crippen molar-refractivity contribution in [3.05, 3.63) is 318 Å². The largest absolute Gasteiger partial charge is 0.363 e. The minimum Gasteiger partial charge on any atom is -0.363 e. The van der Waals surface area contributed by atoms with Crippen molar-refractivity contribution in [3.8, 4) is 11.4 Å². The lowest BCUT2D eigenvalue weighted by molar-refractivity contribution is 0.653. The van der Waals surface area contributed by atoms with Crippen LogP contribution in [0.25, 0.3) is 55.5 Å². The fraction of sp³-hybridized carbons (Fsp3) is 0.256. The topological polar surface area (TPSA) is 354 Å². The molecule has 0 aliphatic rings. The van der Waals surface area contributed by atoms with Crippen molar-refractivity contribution in [1.29, 1.82) is 0 Å². The molecule has 16 rings (SSSR count). The fourth-order valence-corrected chi connectivity index (χ4v) is 10.1. The van der Waals surface area contributed by atoms with Crippen LogP contribution in [0.2, 0.25) is 0 Å². The summed E-state index contributed by atoms with van der Waals surface area (Å²) in [5.74, 6) is 3.66. The van der Waals surface area contributed by atoms with Crippen LogP contribution >= 0.6 is 0 Å². The first-order chi connectivity index (χ1) is 56.2. The van der Waals surface area contributed by atoms with Gasteiger partial charge in [0.25, 0.3) is 22.2 Å². The highest BCUT2D eigenvalue weighted by molar-refractivity contribution is 5.87. The highest BCUT2D eigenvalue weighted by Crippen LogP contribution is 2.22. The molecule has 596 valence electrons. The van der Waals surface area contributed by atoms with E-state index in [2.05, 4.69) is 102 Å². The molecule has 0 amide bonds. The Kier molecular flexibility index (Phi) is 40.9. The Labute approximate surface area is 665 Å². The molecule has 10 heterocycles. The molecule has 0 bridgehead atoms. The van der Waals surface area contributed by atoms with Crippen LogP contribution in [-0.4, -0.2) is 99.8 Å². The summed E-state index contributed by atoms with van der Waals surface area (Å²) in [5.41, 5.74) is 9.85. The molecule has 0 fully saturated rings. The normalized spacial score (nSPS) is 9.75. The number of para-hydroxylation sites is 2. The summed E-state index contributed by atoms with van der Waals surface area (Å²) in [5, 5.41) is 58.9.